The van der Waals surface area contributed by atoms with Crippen molar-refractivity contribution >= 4 is 29.0 Å². The molecule has 0 saturated heterocycles. The molecule has 2 N–H and O–H groups in total. The van der Waals surface area contributed by atoms with Crippen LogP contribution in [0.15, 0.2) is 48.0 Å². The number of anilines is 2. The van der Waals surface area contributed by atoms with Crippen molar-refractivity contribution < 1.29 is 9.72 Å². The number of amides is 1. The highest BCUT2D eigenvalue weighted by molar-refractivity contribution is 6.09. The van der Waals surface area contributed by atoms with Crippen LogP contribution < -0.4 is 10.6 Å². The fourth-order valence-electron chi connectivity index (χ4n) is 2.65. The highest BCUT2D eigenvalue weighted by atomic mass is 16.6. The maximum absolute atomic E-state index is 12.4. The van der Waals surface area contributed by atoms with Crippen LogP contribution in [-0.4, -0.2) is 17.9 Å². The molecule has 7 nitrogen and oxygen atoms in total. The summed E-state index contributed by atoms with van der Waals surface area (Å²) in [6, 6.07) is 13.8. The summed E-state index contributed by atoms with van der Waals surface area (Å²) in [5, 5.41) is 25.9. The highest BCUT2D eigenvalue weighted by Crippen LogP contribution is 2.26. The van der Waals surface area contributed by atoms with Gasteiger partial charge < -0.3 is 10.6 Å². The Labute approximate surface area is 163 Å². The summed E-state index contributed by atoms with van der Waals surface area (Å²) >= 11 is 0. The predicted molar refractivity (Wildman–Crippen MR) is 110 cm³/mol. The Bertz CT molecular complexity index is 928. The number of hydrogen-bond acceptors (Lipinski definition) is 5. The van der Waals surface area contributed by atoms with Crippen molar-refractivity contribution in [1.82, 2.24) is 0 Å². The van der Waals surface area contributed by atoms with E-state index in [0.29, 0.717) is 16.9 Å². The van der Waals surface area contributed by atoms with Gasteiger partial charge in [0.1, 0.15) is 17.3 Å². The maximum Gasteiger partial charge on any atom is 0.292 e. The summed E-state index contributed by atoms with van der Waals surface area (Å²) in [5.41, 5.74) is 2.26. The zero-order chi connectivity index (χ0) is 20.5. The summed E-state index contributed by atoms with van der Waals surface area (Å²) in [4.78, 5) is 23.0. The van der Waals surface area contributed by atoms with Crippen molar-refractivity contribution in [2.45, 2.75) is 26.2 Å². The van der Waals surface area contributed by atoms with Crippen LogP contribution in [0.3, 0.4) is 0 Å². The first-order valence-electron chi connectivity index (χ1n) is 8.96. The molecule has 2 rings (SSSR count). The van der Waals surface area contributed by atoms with Gasteiger partial charge in [0.2, 0.25) is 0 Å². The Hall–Kier alpha value is -3.66. The summed E-state index contributed by atoms with van der Waals surface area (Å²) in [6.07, 6.45) is 4.53. The van der Waals surface area contributed by atoms with Crippen LogP contribution >= 0.6 is 0 Å². The number of carbonyl (C=O) groups excluding carboxylic acids is 1. The molecular weight excluding hydrogens is 356 g/mol. The number of carbonyl (C=O) groups is 1. The average molecular weight is 378 g/mol. The molecule has 144 valence electrons. The third-order valence-electron chi connectivity index (χ3n) is 4.19. The van der Waals surface area contributed by atoms with E-state index in [1.807, 2.05) is 18.2 Å². The Kier molecular flexibility index (Phi) is 7.28. The predicted octanol–water partition coefficient (Wildman–Crippen LogP) is 4.52. The molecule has 0 atom stereocenters. The molecule has 1 amide bonds. The van der Waals surface area contributed by atoms with Crippen molar-refractivity contribution in [3.05, 3.63) is 69.3 Å². The molecule has 2 aromatic rings. The number of nitriles is 1. The Morgan fingerprint density at radius 2 is 1.96 bits per heavy atom. The minimum Gasteiger partial charge on any atom is -0.383 e. The summed E-state index contributed by atoms with van der Waals surface area (Å²) in [5.74, 6) is -0.566. The number of aryl methyl sites for hydroxylation is 1. The van der Waals surface area contributed by atoms with Gasteiger partial charge in [0, 0.05) is 18.8 Å². The van der Waals surface area contributed by atoms with E-state index in [9.17, 15) is 20.2 Å². The second-order valence-electron chi connectivity index (χ2n) is 6.21. The maximum atomic E-state index is 12.4. The van der Waals surface area contributed by atoms with Gasteiger partial charge in [-0.1, -0.05) is 31.5 Å². The smallest absolute Gasteiger partial charge is 0.292 e. The number of benzene rings is 2. The van der Waals surface area contributed by atoms with Crippen LogP contribution in [0, 0.1) is 21.4 Å². The number of hydrogen-bond donors (Lipinski definition) is 2. The van der Waals surface area contributed by atoms with Crippen molar-refractivity contribution in [3.8, 4) is 6.07 Å². The van der Waals surface area contributed by atoms with Crippen LogP contribution in [0.5, 0.6) is 0 Å². The molecule has 0 saturated carbocycles. The molecule has 2 aromatic carbocycles. The first-order valence-corrected chi connectivity index (χ1v) is 8.96. The molecule has 0 heterocycles. The van der Waals surface area contributed by atoms with E-state index >= 15 is 0 Å². The van der Waals surface area contributed by atoms with Gasteiger partial charge in [-0.2, -0.15) is 5.26 Å². The van der Waals surface area contributed by atoms with Gasteiger partial charge in [-0.15, -0.1) is 0 Å². The molecule has 0 unspecified atom stereocenters. The molecule has 7 heteroatoms. The van der Waals surface area contributed by atoms with Gasteiger partial charge in [-0.25, -0.2) is 0 Å². The number of nitro groups is 1. The van der Waals surface area contributed by atoms with Crippen LogP contribution in [0.25, 0.3) is 6.08 Å². The number of unbranched alkanes of at least 4 members (excludes halogenated alkanes) is 1. The molecule has 0 aliphatic rings. The molecule has 0 radical (unpaired) electrons. The second-order valence-corrected chi connectivity index (χ2v) is 6.21. The Morgan fingerprint density at radius 3 is 2.54 bits per heavy atom. The first kappa shape index (κ1) is 20.6. The Balaban J connectivity index is 2.18. The zero-order valence-corrected chi connectivity index (χ0v) is 15.9. The van der Waals surface area contributed by atoms with E-state index < -0.39 is 10.8 Å². The van der Waals surface area contributed by atoms with E-state index in [1.54, 1.807) is 25.2 Å². The molecule has 0 spiro atoms. The van der Waals surface area contributed by atoms with Crippen molar-refractivity contribution in [1.29, 1.82) is 5.26 Å². The normalized spacial score (nSPS) is 10.8. The number of nitro benzene ring substituents is 1. The van der Waals surface area contributed by atoms with Crippen molar-refractivity contribution in [2.24, 2.45) is 0 Å². The standard InChI is InChI=1S/C21H22N4O3/c1-3-4-5-15-6-9-18(10-7-15)24-21(26)17(14-22)12-16-8-11-19(23-2)20(13-16)25(27)28/h6-13,23H,3-5H2,1-2H3,(H,24,26)/b17-12+. The minimum absolute atomic E-state index is 0.128. The fraction of sp³-hybridized carbons (Fsp3) is 0.238. The lowest BCUT2D eigenvalue weighted by atomic mass is 10.1. The van der Waals surface area contributed by atoms with Gasteiger partial charge >= 0.3 is 0 Å². The van der Waals surface area contributed by atoms with Crippen molar-refractivity contribution in [3.63, 3.8) is 0 Å². The molecule has 0 aliphatic heterocycles. The summed E-state index contributed by atoms with van der Waals surface area (Å²) in [7, 11) is 1.58. The van der Waals surface area contributed by atoms with E-state index in [-0.39, 0.29) is 11.3 Å². The lowest BCUT2D eigenvalue weighted by molar-refractivity contribution is -0.384. The van der Waals surface area contributed by atoms with Gasteiger partial charge in [-0.3, -0.25) is 14.9 Å². The van der Waals surface area contributed by atoms with Crippen LogP contribution in [0.4, 0.5) is 17.1 Å². The fourth-order valence-corrected chi connectivity index (χ4v) is 2.65. The molecular formula is C21H22N4O3. The van der Waals surface area contributed by atoms with Gasteiger partial charge in [0.25, 0.3) is 11.6 Å². The number of rotatable bonds is 8. The topological polar surface area (TPSA) is 108 Å². The average Bonchev–Trinajstić information content (AvgIpc) is 2.71. The zero-order valence-electron chi connectivity index (χ0n) is 15.9. The lowest BCUT2D eigenvalue weighted by Crippen LogP contribution is -2.13. The van der Waals surface area contributed by atoms with Gasteiger partial charge in [0.05, 0.1) is 4.92 Å². The third kappa shape index (κ3) is 5.42. The highest BCUT2D eigenvalue weighted by Gasteiger charge is 2.15. The van der Waals surface area contributed by atoms with Gasteiger partial charge in [-0.05, 0) is 48.2 Å². The molecule has 0 aliphatic carbocycles. The molecule has 0 aromatic heterocycles. The number of nitrogens with zero attached hydrogens (tertiary/aromatic N) is 2. The van der Waals surface area contributed by atoms with Crippen LogP contribution in [0.1, 0.15) is 30.9 Å². The molecule has 0 fully saturated rings. The first-order chi connectivity index (χ1) is 13.5. The monoisotopic (exact) mass is 378 g/mol. The van der Waals surface area contributed by atoms with E-state index in [2.05, 4.69) is 17.6 Å². The summed E-state index contributed by atoms with van der Waals surface area (Å²) in [6.45, 7) is 2.13. The van der Waals surface area contributed by atoms with E-state index in [1.165, 1.54) is 23.8 Å². The van der Waals surface area contributed by atoms with Crippen LogP contribution in [0.2, 0.25) is 0 Å². The van der Waals surface area contributed by atoms with E-state index in [0.717, 1.165) is 19.3 Å². The lowest BCUT2D eigenvalue weighted by Gasteiger charge is -2.06. The largest absolute Gasteiger partial charge is 0.383 e. The molecule has 28 heavy (non-hydrogen) atoms. The third-order valence-corrected chi connectivity index (χ3v) is 4.19. The number of nitrogens with one attached hydrogen (secondary N) is 2. The van der Waals surface area contributed by atoms with Crippen molar-refractivity contribution in [2.75, 3.05) is 17.7 Å². The molecule has 0 bridgehead atoms. The minimum atomic E-state index is -0.566. The second kappa shape index (κ2) is 9.88. The summed E-state index contributed by atoms with van der Waals surface area (Å²) < 4.78 is 0. The SMILES string of the molecule is CCCCc1ccc(NC(=O)/C(C#N)=C/c2ccc(NC)c([N+](=O)[O-])c2)cc1. The Morgan fingerprint density at radius 1 is 1.25 bits per heavy atom. The quantitative estimate of drug-likeness (QED) is 0.304. The van der Waals surface area contributed by atoms with Crippen LogP contribution in [-0.2, 0) is 11.2 Å². The van der Waals surface area contributed by atoms with Gasteiger partial charge in [0.15, 0.2) is 0 Å². The van der Waals surface area contributed by atoms with E-state index in [4.69, 9.17) is 0 Å².